The highest BCUT2D eigenvalue weighted by molar-refractivity contribution is 6.00. The summed E-state index contributed by atoms with van der Waals surface area (Å²) in [6.45, 7) is 2.10. The molecule has 17 heavy (non-hydrogen) atoms. The predicted molar refractivity (Wildman–Crippen MR) is 70.6 cm³/mol. The molecule has 2 heterocycles. The van der Waals surface area contributed by atoms with Gasteiger partial charge in [-0.25, -0.2) is 0 Å². The molecule has 1 aromatic rings. The molecule has 4 heteroatoms. The van der Waals surface area contributed by atoms with E-state index in [0.717, 1.165) is 24.3 Å². The predicted octanol–water partition coefficient (Wildman–Crippen LogP) is 2.14. The third-order valence-electron chi connectivity index (χ3n) is 3.29. The highest BCUT2D eigenvalue weighted by Crippen LogP contribution is 2.22. The topological polar surface area (TPSA) is 66.0 Å². The van der Waals surface area contributed by atoms with E-state index in [-0.39, 0.29) is 5.84 Å². The van der Waals surface area contributed by atoms with Crippen LogP contribution in [-0.2, 0) is 0 Å². The Morgan fingerprint density at radius 1 is 1.18 bits per heavy atom. The van der Waals surface area contributed by atoms with E-state index in [4.69, 9.17) is 11.1 Å². The summed E-state index contributed by atoms with van der Waals surface area (Å²) in [6.07, 6.45) is 9.90. The maximum atomic E-state index is 7.62. The zero-order valence-corrected chi connectivity index (χ0v) is 10.2. The zero-order chi connectivity index (χ0) is 12.1. The molecular weight excluding hydrogens is 212 g/mol. The van der Waals surface area contributed by atoms with Gasteiger partial charge in [0.2, 0.25) is 0 Å². The monoisotopic (exact) mass is 232 g/mol. The molecule has 0 bridgehead atoms. The molecule has 0 aliphatic carbocycles. The van der Waals surface area contributed by atoms with Gasteiger partial charge in [-0.15, -0.1) is 0 Å². The Morgan fingerprint density at radius 2 is 1.82 bits per heavy atom. The highest BCUT2D eigenvalue weighted by Gasteiger charge is 2.14. The van der Waals surface area contributed by atoms with E-state index >= 15 is 0 Å². The third-order valence-corrected chi connectivity index (χ3v) is 3.29. The Bertz CT molecular complexity index is 381. The largest absolute Gasteiger partial charge is 0.384 e. The van der Waals surface area contributed by atoms with Gasteiger partial charge in [-0.1, -0.05) is 19.3 Å². The van der Waals surface area contributed by atoms with Crippen molar-refractivity contribution < 1.29 is 0 Å². The van der Waals surface area contributed by atoms with E-state index in [9.17, 15) is 0 Å². The minimum Gasteiger partial charge on any atom is -0.384 e. The van der Waals surface area contributed by atoms with E-state index in [1.807, 2.05) is 12.3 Å². The number of hydrogen-bond acceptors (Lipinski definition) is 3. The number of rotatable bonds is 2. The first-order chi connectivity index (χ1) is 8.29. The van der Waals surface area contributed by atoms with Crippen LogP contribution < -0.4 is 10.6 Å². The van der Waals surface area contributed by atoms with Gasteiger partial charge < -0.3 is 10.6 Å². The number of aromatic nitrogens is 1. The van der Waals surface area contributed by atoms with E-state index in [1.54, 1.807) is 6.20 Å². The van der Waals surface area contributed by atoms with Gasteiger partial charge in [0, 0.05) is 24.8 Å². The van der Waals surface area contributed by atoms with Crippen molar-refractivity contribution >= 4 is 11.5 Å². The van der Waals surface area contributed by atoms with Gasteiger partial charge in [0.15, 0.2) is 0 Å². The summed E-state index contributed by atoms with van der Waals surface area (Å²) in [5.41, 5.74) is 7.44. The van der Waals surface area contributed by atoms with E-state index in [1.165, 1.54) is 32.1 Å². The fourth-order valence-corrected chi connectivity index (χ4v) is 2.35. The van der Waals surface area contributed by atoms with Crippen LogP contribution in [-0.4, -0.2) is 23.9 Å². The summed E-state index contributed by atoms with van der Waals surface area (Å²) in [7, 11) is 0. The minimum absolute atomic E-state index is 0.129. The van der Waals surface area contributed by atoms with Crippen molar-refractivity contribution in [1.29, 1.82) is 5.41 Å². The summed E-state index contributed by atoms with van der Waals surface area (Å²) in [5.74, 6) is 0.129. The van der Waals surface area contributed by atoms with Crippen molar-refractivity contribution in [3.63, 3.8) is 0 Å². The van der Waals surface area contributed by atoms with Crippen molar-refractivity contribution in [1.82, 2.24) is 4.98 Å². The Morgan fingerprint density at radius 3 is 2.47 bits per heavy atom. The number of hydrogen-bond donors (Lipinski definition) is 2. The van der Waals surface area contributed by atoms with Crippen LogP contribution in [0.1, 0.15) is 37.7 Å². The van der Waals surface area contributed by atoms with E-state index in [2.05, 4.69) is 9.88 Å². The molecule has 92 valence electrons. The molecule has 0 saturated carbocycles. The number of nitrogen functional groups attached to an aromatic ring is 1. The number of anilines is 1. The van der Waals surface area contributed by atoms with Crippen molar-refractivity contribution in [2.75, 3.05) is 18.0 Å². The number of pyridine rings is 1. The molecule has 1 aliphatic rings. The molecule has 1 aromatic heterocycles. The van der Waals surface area contributed by atoms with Crippen molar-refractivity contribution in [2.24, 2.45) is 5.73 Å². The van der Waals surface area contributed by atoms with E-state index < -0.39 is 0 Å². The molecule has 0 spiro atoms. The maximum Gasteiger partial charge on any atom is 0.125 e. The molecule has 0 unspecified atom stereocenters. The quantitative estimate of drug-likeness (QED) is 0.606. The van der Waals surface area contributed by atoms with E-state index in [0.29, 0.717) is 0 Å². The molecule has 1 fully saturated rings. The van der Waals surface area contributed by atoms with Crippen LogP contribution in [0.25, 0.3) is 0 Å². The molecule has 2 rings (SSSR count). The zero-order valence-electron chi connectivity index (χ0n) is 10.2. The molecule has 0 atom stereocenters. The van der Waals surface area contributed by atoms with Crippen molar-refractivity contribution in [2.45, 2.75) is 32.1 Å². The number of amidine groups is 1. The van der Waals surface area contributed by atoms with Gasteiger partial charge in [0.05, 0.1) is 11.9 Å². The van der Waals surface area contributed by atoms with Crippen LogP contribution in [0.3, 0.4) is 0 Å². The average molecular weight is 232 g/mol. The smallest absolute Gasteiger partial charge is 0.125 e. The second-order valence-corrected chi connectivity index (χ2v) is 4.56. The van der Waals surface area contributed by atoms with Gasteiger partial charge in [-0.05, 0) is 18.9 Å². The summed E-state index contributed by atoms with van der Waals surface area (Å²) in [5, 5.41) is 7.62. The SMILES string of the molecule is N=C(N)c1ccncc1N1CCCCCCC1. The molecular formula is C13H20N4. The lowest BCUT2D eigenvalue weighted by Crippen LogP contribution is -2.29. The van der Waals surface area contributed by atoms with Crippen LogP contribution in [0.15, 0.2) is 18.5 Å². The average Bonchev–Trinajstić information content (AvgIpc) is 2.28. The molecule has 0 radical (unpaired) electrons. The first kappa shape index (κ1) is 11.9. The molecule has 0 amide bonds. The summed E-state index contributed by atoms with van der Waals surface area (Å²) in [6, 6.07) is 1.83. The Hall–Kier alpha value is -1.58. The number of nitrogens with zero attached hydrogens (tertiary/aromatic N) is 2. The fraction of sp³-hybridized carbons (Fsp3) is 0.538. The molecule has 0 aromatic carbocycles. The van der Waals surface area contributed by atoms with Crippen LogP contribution in [0.2, 0.25) is 0 Å². The standard InChI is InChI=1S/C13H20N4/c14-13(15)11-6-7-16-10-12(11)17-8-4-2-1-3-5-9-17/h6-7,10H,1-5,8-9H2,(H3,14,15). The Labute approximate surface area is 102 Å². The van der Waals surface area contributed by atoms with Gasteiger partial charge in [-0.2, -0.15) is 0 Å². The number of nitrogens with two attached hydrogens (primary N) is 1. The van der Waals surface area contributed by atoms with Crippen LogP contribution in [0, 0.1) is 5.41 Å². The Kier molecular flexibility index (Phi) is 3.96. The normalized spacial score (nSPS) is 17.3. The minimum atomic E-state index is 0.129. The van der Waals surface area contributed by atoms with Crippen molar-refractivity contribution in [3.05, 3.63) is 24.0 Å². The first-order valence-corrected chi connectivity index (χ1v) is 6.32. The fourth-order valence-electron chi connectivity index (χ4n) is 2.35. The maximum absolute atomic E-state index is 7.62. The van der Waals surface area contributed by atoms with Gasteiger partial charge >= 0.3 is 0 Å². The molecule has 3 N–H and O–H groups in total. The third kappa shape index (κ3) is 2.96. The molecule has 4 nitrogen and oxygen atoms in total. The molecule has 1 saturated heterocycles. The lowest BCUT2D eigenvalue weighted by molar-refractivity contribution is 0.556. The second kappa shape index (κ2) is 5.66. The summed E-state index contributed by atoms with van der Waals surface area (Å²) < 4.78 is 0. The summed E-state index contributed by atoms with van der Waals surface area (Å²) in [4.78, 5) is 6.49. The van der Waals surface area contributed by atoms with Crippen molar-refractivity contribution in [3.8, 4) is 0 Å². The second-order valence-electron chi connectivity index (χ2n) is 4.56. The molecule has 1 aliphatic heterocycles. The van der Waals surface area contributed by atoms with Gasteiger partial charge in [0.1, 0.15) is 5.84 Å². The van der Waals surface area contributed by atoms with Crippen LogP contribution in [0.5, 0.6) is 0 Å². The first-order valence-electron chi connectivity index (χ1n) is 6.32. The highest BCUT2D eigenvalue weighted by atomic mass is 15.1. The Balaban J connectivity index is 2.21. The van der Waals surface area contributed by atoms with Crippen LogP contribution >= 0.6 is 0 Å². The lowest BCUT2D eigenvalue weighted by atomic mass is 10.1. The lowest BCUT2D eigenvalue weighted by Gasteiger charge is -2.28. The number of nitrogens with one attached hydrogen (secondary N) is 1. The van der Waals surface area contributed by atoms with Crippen LogP contribution in [0.4, 0.5) is 5.69 Å². The van der Waals surface area contributed by atoms with Gasteiger partial charge in [0.25, 0.3) is 0 Å². The van der Waals surface area contributed by atoms with Gasteiger partial charge in [-0.3, -0.25) is 10.4 Å². The summed E-state index contributed by atoms with van der Waals surface area (Å²) >= 11 is 0.